The highest BCUT2D eigenvalue weighted by Crippen LogP contribution is 2.55. The minimum atomic E-state index is -0.258. The van der Waals surface area contributed by atoms with Crippen LogP contribution in [0.1, 0.15) is 36.1 Å². The summed E-state index contributed by atoms with van der Waals surface area (Å²) < 4.78 is 21.4. The number of hydrogen-bond donors (Lipinski definition) is 0. The molecule has 0 N–H and O–H groups in total. The average molecular weight is 817 g/mol. The number of benzene rings is 8. The molecule has 1 aliphatic heterocycles. The van der Waals surface area contributed by atoms with E-state index in [4.69, 9.17) is 13.9 Å². The Morgan fingerprint density at radius 2 is 1.19 bits per heavy atom. The molecule has 0 saturated carbocycles. The number of furan rings is 1. The summed E-state index contributed by atoms with van der Waals surface area (Å²) in [5.41, 5.74) is 18.3. The molecule has 0 unspecified atom stereocenters. The molecule has 304 valence electrons. The number of aromatic nitrogens is 1. The van der Waals surface area contributed by atoms with Crippen LogP contribution in [0.2, 0.25) is 0 Å². The van der Waals surface area contributed by atoms with Crippen LogP contribution in [-0.2, 0) is 28.1 Å². The predicted molar refractivity (Wildman–Crippen MR) is 256 cm³/mol. The number of anilines is 3. The minimum absolute atomic E-state index is 0.258. The van der Waals surface area contributed by atoms with Gasteiger partial charge in [-0.05, 0) is 110 Å². The summed E-state index contributed by atoms with van der Waals surface area (Å²) in [6.45, 7) is 5.97. The number of nitrogens with zero attached hydrogens (tertiary/aromatic N) is 2. The molecule has 10 aromatic rings. The first-order valence-electron chi connectivity index (χ1n) is 21.7. The van der Waals surface area contributed by atoms with Crippen molar-refractivity contribution in [1.82, 2.24) is 4.57 Å². The molecule has 3 heterocycles. The van der Waals surface area contributed by atoms with Crippen LogP contribution in [0.25, 0.3) is 72.2 Å². The van der Waals surface area contributed by atoms with Gasteiger partial charge < -0.3 is 18.5 Å². The summed E-state index contributed by atoms with van der Waals surface area (Å²) in [6, 6.07) is 69.7. The molecule has 1 aliphatic carbocycles. The highest BCUT2D eigenvalue weighted by molar-refractivity contribution is 6.10. The number of para-hydroxylation sites is 2. The first-order valence-corrected chi connectivity index (χ1v) is 21.7. The fourth-order valence-corrected chi connectivity index (χ4v) is 10.1. The summed E-state index contributed by atoms with van der Waals surface area (Å²) in [6.07, 6.45) is 0. The van der Waals surface area contributed by atoms with Crippen LogP contribution >= 0.6 is 0 Å². The van der Waals surface area contributed by atoms with Crippen molar-refractivity contribution in [3.05, 3.63) is 216 Å². The molecule has 0 radical (unpaired) electrons. The topological polar surface area (TPSA) is 39.8 Å². The lowest BCUT2D eigenvalue weighted by molar-refractivity contribution is -0.0586. The number of ether oxygens (including phenoxy) is 2. The van der Waals surface area contributed by atoms with E-state index in [1.807, 2.05) is 0 Å². The van der Waals surface area contributed by atoms with Crippen molar-refractivity contribution in [2.24, 2.45) is 0 Å². The lowest BCUT2D eigenvalue weighted by Crippen LogP contribution is -2.17. The van der Waals surface area contributed by atoms with Crippen LogP contribution in [-0.4, -0.2) is 11.4 Å². The van der Waals surface area contributed by atoms with Crippen molar-refractivity contribution in [1.29, 1.82) is 0 Å². The molecule has 12 rings (SSSR count). The lowest BCUT2D eigenvalue weighted by Gasteiger charge is -2.28. The van der Waals surface area contributed by atoms with Gasteiger partial charge in [-0.25, -0.2) is 0 Å². The van der Waals surface area contributed by atoms with Gasteiger partial charge in [0.1, 0.15) is 12.6 Å². The molecule has 5 nitrogen and oxygen atoms in total. The van der Waals surface area contributed by atoms with Crippen molar-refractivity contribution in [2.75, 3.05) is 11.7 Å². The Morgan fingerprint density at radius 1 is 0.492 bits per heavy atom. The van der Waals surface area contributed by atoms with Gasteiger partial charge in [0, 0.05) is 39.2 Å². The largest absolute Gasteiger partial charge is 0.440 e. The quantitative estimate of drug-likeness (QED) is 0.161. The van der Waals surface area contributed by atoms with Crippen LogP contribution in [0.3, 0.4) is 0 Å². The van der Waals surface area contributed by atoms with Gasteiger partial charge in [0.2, 0.25) is 5.88 Å². The van der Waals surface area contributed by atoms with Gasteiger partial charge in [0.05, 0.1) is 29.9 Å². The van der Waals surface area contributed by atoms with Gasteiger partial charge in [-0.1, -0.05) is 147 Å². The standard InChI is InChI=1S/C58H44N2O3/c1-58(2)51-22-11-9-20-48(51)57-49(45-21-13-16-41-35-61-37-62-36-50(41)45)33-44(34-52(57)58)59(43-27-24-39(25-28-43)38-14-5-3-6-15-38)56-31-30-55(63-56)40-26-29-47-46-19-10-12-23-53(46)60(54(47)32-40)42-17-7-4-8-18-42/h3-34H,35-37H2,1-2H3. The molecule has 0 bridgehead atoms. The van der Waals surface area contributed by atoms with E-state index in [1.165, 1.54) is 55.2 Å². The Kier molecular flexibility index (Phi) is 8.82. The Morgan fingerprint density at radius 3 is 2.05 bits per heavy atom. The number of hydrogen-bond acceptors (Lipinski definition) is 4. The highest BCUT2D eigenvalue weighted by Gasteiger charge is 2.38. The maximum absolute atomic E-state index is 7.09. The number of fused-ring (bicyclic) bond motifs is 7. The second-order valence-electron chi connectivity index (χ2n) is 17.2. The third-order valence-corrected chi connectivity index (χ3v) is 13.2. The van der Waals surface area contributed by atoms with E-state index < -0.39 is 0 Å². The van der Waals surface area contributed by atoms with E-state index in [0.29, 0.717) is 13.2 Å². The third kappa shape index (κ3) is 6.15. The van der Waals surface area contributed by atoms with Gasteiger partial charge in [0.25, 0.3) is 0 Å². The van der Waals surface area contributed by atoms with Gasteiger partial charge in [-0.15, -0.1) is 0 Å². The summed E-state index contributed by atoms with van der Waals surface area (Å²) in [5, 5.41) is 2.43. The Bertz CT molecular complexity index is 3340. The van der Waals surface area contributed by atoms with E-state index >= 15 is 0 Å². The average Bonchev–Trinajstić information content (AvgIpc) is 3.94. The first-order chi connectivity index (χ1) is 31.0. The summed E-state index contributed by atoms with van der Waals surface area (Å²) in [4.78, 5) is 2.28. The minimum Gasteiger partial charge on any atom is -0.440 e. The van der Waals surface area contributed by atoms with Crippen LogP contribution in [0.4, 0.5) is 17.3 Å². The molecule has 63 heavy (non-hydrogen) atoms. The van der Waals surface area contributed by atoms with Crippen molar-refractivity contribution in [2.45, 2.75) is 32.5 Å². The Labute approximate surface area is 367 Å². The predicted octanol–water partition coefficient (Wildman–Crippen LogP) is 15.2. The van der Waals surface area contributed by atoms with Gasteiger partial charge in [0.15, 0.2) is 0 Å². The zero-order chi connectivity index (χ0) is 42.1. The smallest absolute Gasteiger partial charge is 0.205 e. The van der Waals surface area contributed by atoms with Crippen LogP contribution < -0.4 is 4.90 Å². The van der Waals surface area contributed by atoms with Crippen LogP contribution in [0.5, 0.6) is 0 Å². The maximum Gasteiger partial charge on any atom is 0.205 e. The third-order valence-electron chi connectivity index (χ3n) is 13.2. The van der Waals surface area contributed by atoms with E-state index in [1.54, 1.807) is 0 Å². The Hall–Kier alpha value is -7.44. The second-order valence-corrected chi connectivity index (χ2v) is 17.2. The first kappa shape index (κ1) is 37.3. The van der Waals surface area contributed by atoms with Crippen molar-refractivity contribution >= 4 is 39.1 Å². The van der Waals surface area contributed by atoms with Crippen LogP contribution in [0.15, 0.2) is 199 Å². The number of rotatable bonds is 7. The zero-order valence-electron chi connectivity index (χ0n) is 35.2. The van der Waals surface area contributed by atoms with Crippen molar-refractivity contribution in [3.8, 4) is 50.4 Å². The highest BCUT2D eigenvalue weighted by atomic mass is 16.7. The fraction of sp³-hybridized carbons (Fsp3) is 0.103. The van der Waals surface area contributed by atoms with Crippen LogP contribution in [0, 0.1) is 0 Å². The van der Waals surface area contributed by atoms with E-state index in [2.05, 4.69) is 217 Å². The normalized spacial score (nSPS) is 14.0. The molecular weight excluding hydrogens is 773 g/mol. The van der Waals surface area contributed by atoms with Gasteiger partial charge in [-0.2, -0.15) is 0 Å². The Balaban J connectivity index is 1.06. The molecule has 5 heteroatoms. The van der Waals surface area contributed by atoms with E-state index in [-0.39, 0.29) is 12.2 Å². The molecule has 0 fully saturated rings. The molecular formula is C58H44N2O3. The second kappa shape index (κ2) is 14.9. The maximum atomic E-state index is 7.09. The monoisotopic (exact) mass is 816 g/mol. The van der Waals surface area contributed by atoms with Gasteiger partial charge >= 0.3 is 0 Å². The van der Waals surface area contributed by atoms with Gasteiger partial charge in [-0.3, -0.25) is 4.90 Å². The molecule has 2 aliphatic rings. The SMILES string of the molecule is CC1(C)c2ccccc2-c2c(-c3cccc4c3COCOC4)cc(N(c3ccc(-c4ccccc4)cc3)c3ccc(-c4ccc5c6ccccc6n(-c6ccccc6)c5c4)o3)cc21. The molecule has 2 aromatic heterocycles. The van der Waals surface area contributed by atoms with Crippen molar-refractivity contribution in [3.63, 3.8) is 0 Å². The molecule has 0 saturated heterocycles. The summed E-state index contributed by atoms with van der Waals surface area (Å²) in [7, 11) is 0. The summed E-state index contributed by atoms with van der Waals surface area (Å²) >= 11 is 0. The van der Waals surface area contributed by atoms with Crippen molar-refractivity contribution < 1.29 is 13.9 Å². The molecule has 0 amide bonds. The molecule has 0 spiro atoms. The lowest BCUT2D eigenvalue weighted by atomic mass is 9.81. The van der Waals surface area contributed by atoms with E-state index in [9.17, 15) is 0 Å². The molecule has 8 aromatic carbocycles. The fourth-order valence-electron chi connectivity index (χ4n) is 10.1. The molecule has 0 atom stereocenters. The zero-order valence-corrected chi connectivity index (χ0v) is 35.2. The summed E-state index contributed by atoms with van der Waals surface area (Å²) in [5.74, 6) is 1.52. The van der Waals surface area contributed by atoms with E-state index in [0.717, 1.165) is 56.5 Å².